The summed E-state index contributed by atoms with van der Waals surface area (Å²) in [5, 5.41) is 2.97. The summed E-state index contributed by atoms with van der Waals surface area (Å²) in [6, 6.07) is 3.87. The molecular formula is C20H34N2O. The molecule has 0 aromatic carbocycles. The Morgan fingerprint density at radius 1 is 0.870 bits per heavy atom. The summed E-state index contributed by atoms with van der Waals surface area (Å²) in [5.74, 6) is 0.165. The van der Waals surface area contributed by atoms with Gasteiger partial charge in [-0.15, -0.1) is 0 Å². The van der Waals surface area contributed by atoms with E-state index in [1.54, 1.807) is 12.4 Å². The molecule has 0 unspecified atom stereocenters. The van der Waals surface area contributed by atoms with Gasteiger partial charge < -0.3 is 5.32 Å². The number of hydrogen-bond acceptors (Lipinski definition) is 2. The number of amides is 1. The fraction of sp³-hybridized carbons (Fsp3) is 0.700. The summed E-state index contributed by atoms with van der Waals surface area (Å²) < 4.78 is 0. The number of aromatic nitrogens is 1. The third kappa shape index (κ3) is 11.8. The molecule has 0 saturated carbocycles. The average molecular weight is 319 g/mol. The molecule has 1 N–H and O–H groups in total. The van der Waals surface area contributed by atoms with Crippen LogP contribution in [0.3, 0.4) is 0 Å². The van der Waals surface area contributed by atoms with Gasteiger partial charge in [0.2, 0.25) is 5.91 Å². The Balaban J connectivity index is 1.84. The predicted molar refractivity (Wildman–Crippen MR) is 97.2 cm³/mol. The maximum Gasteiger partial charge on any atom is 0.220 e. The van der Waals surface area contributed by atoms with Crippen LogP contribution in [0.1, 0.15) is 89.5 Å². The number of rotatable bonds is 14. The van der Waals surface area contributed by atoms with E-state index in [1.165, 1.54) is 64.2 Å². The van der Waals surface area contributed by atoms with Crippen molar-refractivity contribution < 1.29 is 4.79 Å². The summed E-state index contributed by atoms with van der Waals surface area (Å²) in [6.07, 6.45) is 18.6. The van der Waals surface area contributed by atoms with E-state index in [-0.39, 0.29) is 5.91 Å². The highest BCUT2D eigenvalue weighted by Gasteiger charge is 2.01. The van der Waals surface area contributed by atoms with E-state index in [0.717, 1.165) is 12.0 Å². The molecule has 3 heteroatoms. The van der Waals surface area contributed by atoms with Gasteiger partial charge in [0.1, 0.15) is 0 Å². The van der Waals surface area contributed by atoms with E-state index in [2.05, 4.69) is 17.2 Å². The molecule has 1 aromatic rings. The van der Waals surface area contributed by atoms with Crippen molar-refractivity contribution in [2.75, 3.05) is 0 Å². The van der Waals surface area contributed by atoms with E-state index >= 15 is 0 Å². The highest BCUT2D eigenvalue weighted by atomic mass is 16.1. The minimum atomic E-state index is 0.165. The summed E-state index contributed by atoms with van der Waals surface area (Å²) >= 11 is 0. The van der Waals surface area contributed by atoms with Gasteiger partial charge in [0.15, 0.2) is 0 Å². The molecule has 1 aromatic heterocycles. The Labute approximate surface area is 142 Å². The molecule has 0 fully saturated rings. The Morgan fingerprint density at radius 3 is 1.96 bits per heavy atom. The van der Waals surface area contributed by atoms with Crippen LogP contribution in [0.15, 0.2) is 24.5 Å². The number of hydrogen-bond donors (Lipinski definition) is 1. The zero-order valence-electron chi connectivity index (χ0n) is 14.9. The van der Waals surface area contributed by atoms with Crippen LogP contribution < -0.4 is 5.32 Å². The lowest BCUT2D eigenvalue weighted by Crippen LogP contribution is -2.22. The van der Waals surface area contributed by atoms with E-state index in [0.29, 0.717) is 13.0 Å². The fourth-order valence-corrected chi connectivity index (χ4v) is 2.74. The maximum absolute atomic E-state index is 11.7. The molecule has 23 heavy (non-hydrogen) atoms. The Hall–Kier alpha value is -1.38. The molecule has 0 aliphatic heterocycles. The monoisotopic (exact) mass is 318 g/mol. The summed E-state index contributed by atoms with van der Waals surface area (Å²) in [6.45, 7) is 2.87. The number of carbonyl (C=O) groups is 1. The molecular weight excluding hydrogens is 284 g/mol. The quantitative estimate of drug-likeness (QED) is 0.467. The van der Waals surface area contributed by atoms with E-state index < -0.39 is 0 Å². The molecule has 1 rings (SSSR count). The van der Waals surface area contributed by atoms with Gasteiger partial charge in [0.05, 0.1) is 0 Å². The molecule has 1 amide bonds. The van der Waals surface area contributed by atoms with Crippen LogP contribution in [-0.4, -0.2) is 10.9 Å². The van der Waals surface area contributed by atoms with Crippen LogP contribution >= 0.6 is 0 Å². The first kappa shape index (κ1) is 19.7. The lowest BCUT2D eigenvalue weighted by Gasteiger charge is -2.05. The van der Waals surface area contributed by atoms with Gasteiger partial charge in [-0.05, 0) is 24.1 Å². The van der Waals surface area contributed by atoms with Gasteiger partial charge in [0, 0.05) is 25.4 Å². The van der Waals surface area contributed by atoms with E-state index in [1.807, 2.05) is 12.1 Å². The number of nitrogens with one attached hydrogen (secondary N) is 1. The number of nitrogens with zero attached hydrogens (tertiary/aromatic N) is 1. The van der Waals surface area contributed by atoms with Crippen LogP contribution in [-0.2, 0) is 11.3 Å². The molecule has 0 radical (unpaired) electrons. The maximum atomic E-state index is 11.7. The van der Waals surface area contributed by atoms with Crippen LogP contribution in [0.2, 0.25) is 0 Å². The number of pyridine rings is 1. The van der Waals surface area contributed by atoms with Crippen molar-refractivity contribution in [2.24, 2.45) is 0 Å². The molecule has 3 nitrogen and oxygen atoms in total. The zero-order valence-corrected chi connectivity index (χ0v) is 14.9. The first-order valence-electron chi connectivity index (χ1n) is 9.48. The minimum absolute atomic E-state index is 0.165. The fourth-order valence-electron chi connectivity index (χ4n) is 2.74. The van der Waals surface area contributed by atoms with Crippen LogP contribution in [0, 0.1) is 0 Å². The van der Waals surface area contributed by atoms with Crippen molar-refractivity contribution >= 4 is 5.91 Å². The van der Waals surface area contributed by atoms with Crippen molar-refractivity contribution in [1.29, 1.82) is 0 Å². The van der Waals surface area contributed by atoms with Gasteiger partial charge in [-0.1, -0.05) is 71.1 Å². The second kappa shape index (κ2) is 14.2. The van der Waals surface area contributed by atoms with E-state index in [9.17, 15) is 4.79 Å². The van der Waals surface area contributed by atoms with Crippen LogP contribution in [0.4, 0.5) is 0 Å². The van der Waals surface area contributed by atoms with Gasteiger partial charge in [0.25, 0.3) is 0 Å². The standard InChI is InChI=1S/C20H34N2O/c1-2-3-4-5-6-7-8-9-10-11-12-13-20(23)22-18-19-14-16-21-17-15-19/h14-17H,2-13,18H2,1H3,(H,22,23). The Kier molecular flexibility index (Phi) is 12.2. The van der Waals surface area contributed by atoms with Gasteiger partial charge in [-0.2, -0.15) is 0 Å². The summed E-state index contributed by atoms with van der Waals surface area (Å²) in [7, 11) is 0. The van der Waals surface area contributed by atoms with Gasteiger partial charge in [-0.3, -0.25) is 9.78 Å². The number of unbranched alkanes of at least 4 members (excludes halogenated alkanes) is 10. The second-order valence-electron chi connectivity index (χ2n) is 6.42. The van der Waals surface area contributed by atoms with Crippen molar-refractivity contribution in [3.8, 4) is 0 Å². The lowest BCUT2D eigenvalue weighted by molar-refractivity contribution is -0.121. The summed E-state index contributed by atoms with van der Waals surface area (Å²) in [4.78, 5) is 15.7. The Bertz CT molecular complexity index is 392. The number of carbonyl (C=O) groups excluding carboxylic acids is 1. The smallest absolute Gasteiger partial charge is 0.220 e. The van der Waals surface area contributed by atoms with Crippen molar-refractivity contribution in [2.45, 2.75) is 90.5 Å². The molecule has 0 spiro atoms. The molecule has 0 saturated heterocycles. The normalized spacial score (nSPS) is 10.7. The molecule has 0 bridgehead atoms. The highest BCUT2D eigenvalue weighted by molar-refractivity contribution is 5.75. The third-order valence-corrected chi connectivity index (χ3v) is 4.25. The average Bonchev–Trinajstić information content (AvgIpc) is 2.59. The highest BCUT2D eigenvalue weighted by Crippen LogP contribution is 2.11. The minimum Gasteiger partial charge on any atom is -0.352 e. The molecule has 0 aliphatic carbocycles. The SMILES string of the molecule is CCCCCCCCCCCCCC(=O)NCc1ccncc1. The van der Waals surface area contributed by atoms with Gasteiger partial charge >= 0.3 is 0 Å². The second-order valence-corrected chi connectivity index (χ2v) is 6.42. The van der Waals surface area contributed by atoms with Crippen LogP contribution in [0.25, 0.3) is 0 Å². The van der Waals surface area contributed by atoms with Crippen LogP contribution in [0.5, 0.6) is 0 Å². The molecule has 0 aliphatic rings. The third-order valence-electron chi connectivity index (χ3n) is 4.25. The zero-order chi connectivity index (χ0) is 16.6. The molecule has 130 valence electrons. The predicted octanol–water partition coefficient (Wildman–Crippen LogP) is 5.40. The summed E-state index contributed by atoms with van der Waals surface area (Å²) in [5.41, 5.74) is 1.10. The first-order valence-corrected chi connectivity index (χ1v) is 9.48. The lowest BCUT2D eigenvalue weighted by atomic mass is 10.1. The molecule has 0 atom stereocenters. The first-order chi connectivity index (χ1) is 11.3. The molecule has 1 heterocycles. The largest absolute Gasteiger partial charge is 0.352 e. The Morgan fingerprint density at radius 2 is 1.39 bits per heavy atom. The van der Waals surface area contributed by atoms with Crippen molar-refractivity contribution in [3.63, 3.8) is 0 Å². The van der Waals surface area contributed by atoms with Crippen molar-refractivity contribution in [3.05, 3.63) is 30.1 Å². The van der Waals surface area contributed by atoms with E-state index in [4.69, 9.17) is 0 Å². The van der Waals surface area contributed by atoms with Crippen molar-refractivity contribution in [1.82, 2.24) is 10.3 Å². The topological polar surface area (TPSA) is 42.0 Å². The van der Waals surface area contributed by atoms with Gasteiger partial charge in [-0.25, -0.2) is 0 Å².